The minimum atomic E-state index is -4.22. The molecular formula is C20H24F3N5S2. The van der Waals surface area contributed by atoms with E-state index in [2.05, 4.69) is 31.7 Å². The number of nitrogens with zero attached hydrogens (tertiary/aromatic N) is 4. The Kier molecular flexibility index (Phi) is 5.65. The van der Waals surface area contributed by atoms with Crippen LogP contribution in [0.5, 0.6) is 0 Å². The summed E-state index contributed by atoms with van der Waals surface area (Å²) in [7, 11) is 0. The number of rotatable bonds is 4. The highest BCUT2D eigenvalue weighted by Crippen LogP contribution is 2.42. The van der Waals surface area contributed by atoms with Crippen molar-refractivity contribution in [3.8, 4) is 0 Å². The molecule has 0 saturated carbocycles. The maximum atomic E-state index is 12.8. The first kappa shape index (κ1) is 21.3. The van der Waals surface area contributed by atoms with E-state index in [0.717, 1.165) is 72.2 Å². The van der Waals surface area contributed by atoms with E-state index in [4.69, 9.17) is 12.2 Å². The largest absolute Gasteiger partial charge is 0.393 e. The zero-order valence-corrected chi connectivity index (χ0v) is 18.4. The summed E-state index contributed by atoms with van der Waals surface area (Å²) < 4.78 is 38.3. The van der Waals surface area contributed by atoms with Gasteiger partial charge < -0.3 is 15.1 Å². The number of thiophene rings is 1. The number of fused-ring (bicyclic) bond motifs is 1. The molecular weight excluding hydrogens is 431 g/mol. The third kappa shape index (κ3) is 4.54. The molecule has 0 aromatic carbocycles. The smallest absolute Gasteiger partial charge is 0.359 e. The van der Waals surface area contributed by atoms with Crippen molar-refractivity contribution >= 4 is 44.7 Å². The molecule has 10 heteroatoms. The minimum absolute atomic E-state index is 0.258. The Morgan fingerprint density at radius 2 is 2.00 bits per heavy atom. The second-order valence-corrected chi connectivity index (χ2v) is 9.88. The molecule has 0 unspecified atom stereocenters. The topological polar surface area (TPSA) is 44.3 Å². The van der Waals surface area contributed by atoms with Gasteiger partial charge in [0.05, 0.1) is 11.8 Å². The van der Waals surface area contributed by atoms with Gasteiger partial charge in [0.25, 0.3) is 0 Å². The zero-order valence-electron chi connectivity index (χ0n) is 16.8. The van der Waals surface area contributed by atoms with Gasteiger partial charge in [-0.25, -0.2) is 9.97 Å². The third-order valence-corrected chi connectivity index (χ3v) is 7.18. The van der Waals surface area contributed by atoms with Gasteiger partial charge >= 0.3 is 6.18 Å². The van der Waals surface area contributed by atoms with Crippen LogP contribution >= 0.6 is 23.6 Å². The van der Waals surface area contributed by atoms with E-state index >= 15 is 0 Å². The van der Waals surface area contributed by atoms with Crippen LogP contribution in [0.2, 0.25) is 0 Å². The molecule has 0 bridgehead atoms. The Balaban J connectivity index is 1.39. The Bertz CT molecular complexity index is 955. The SMILES string of the molecule is C=C(C)CNC(=S)N1CC2(CCN(c3ncnc4sc(CC(F)(F)F)cc34)CC2)C1. The van der Waals surface area contributed by atoms with Crippen LogP contribution in [-0.4, -0.2) is 58.9 Å². The molecule has 0 radical (unpaired) electrons. The van der Waals surface area contributed by atoms with Crippen LogP contribution < -0.4 is 10.2 Å². The van der Waals surface area contributed by atoms with Crippen LogP contribution in [0.25, 0.3) is 10.2 Å². The van der Waals surface area contributed by atoms with Crippen LogP contribution in [0, 0.1) is 5.41 Å². The molecule has 2 aromatic heterocycles. The number of anilines is 1. The molecule has 2 aliphatic rings. The van der Waals surface area contributed by atoms with Gasteiger partial charge in [-0.3, -0.25) is 0 Å². The van der Waals surface area contributed by atoms with Crippen molar-refractivity contribution in [2.75, 3.05) is 37.6 Å². The Morgan fingerprint density at radius 1 is 1.30 bits per heavy atom. The van der Waals surface area contributed by atoms with Crippen molar-refractivity contribution in [3.05, 3.63) is 29.4 Å². The lowest BCUT2D eigenvalue weighted by atomic mass is 9.72. The van der Waals surface area contributed by atoms with E-state index in [9.17, 15) is 13.2 Å². The minimum Gasteiger partial charge on any atom is -0.359 e. The van der Waals surface area contributed by atoms with E-state index in [1.807, 2.05) is 6.92 Å². The predicted molar refractivity (Wildman–Crippen MR) is 118 cm³/mol. The van der Waals surface area contributed by atoms with Crippen LogP contribution in [-0.2, 0) is 6.42 Å². The molecule has 2 aliphatic heterocycles. The Hall–Kier alpha value is -1.94. The summed E-state index contributed by atoms with van der Waals surface area (Å²) in [6, 6.07) is 1.60. The van der Waals surface area contributed by atoms with Crippen LogP contribution in [0.4, 0.5) is 19.0 Å². The molecule has 2 aromatic rings. The number of piperidine rings is 1. The average molecular weight is 456 g/mol. The Labute approximate surface area is 183 Å². The maximum Gasteiger partial charge on any atom is 0.393 e. The highest BCUT2D eigenvalue weighted by molar-refractivity contribution is 7.80. The fourth-order valence-electron chi connectivity index (χ4n) is 4.18. The summed E-state index contributed by atoms with van der Waals surface area (Å²) in [6.45, 7) is 10.1. The molecule has 30 heavy (non-hydrogen) atoms. The van der Waals surface area contributed by atoms with Crippen LogP contribution in [0.15, 0.2) is 24.5 Å². The fourth-order valence-corrected chi connectivity index (χ4v) is 5.41. The highest BCUT2D eigenvalue weighted by atomic mass is 32.1. The van der Waals surface area contributed by atoms with Gasteiger partial charge in [0.15, 0.2) is 5.11 Å². The van der Waals surface area contributed by atoms with Crippen molar-refractivity contribution in [2.24, 2.45) is 5.41 Å². The quantitative estimate of drug-likeness (QED) is 0.552. The average Bonchev–Trinajstić information content (AvgIpc) is 3.04. The van der Waals surface area contributed by atoms with E-state index in [1.165, 1.54) is 6.33 Å². The number of thiocarbonyl (C=S) groups is 1. The van der Waals surface area contributed by atoms with E-state index in [-0.39, 0.29) is 10.3 Å². The summed E-state index contributed by atoms with van der Waals surface area (Å²) in [5.74, 6) is 0.745. The van der Waals surface area contributed by atoms with Gasteiger partial charge in [-0.2, -0.15) is 13.2 Å². The zero-order chi connectivity index (χ0) is 21.5. The first-order valence-corrected chi connectivity index (χ1v) is 11.1. The van der Waals surface area contributed by atoms with Gasteiger partial charge in [0.2, 0.25) is 0 Å². The lowest BCUT2D eigenvalue weighted by Gasteiger charge is -2.55. The summed E-state index contributed by atoms with van der Waals surface area (Å²) in [6.07, 6.45) is -1.67. The van der Waals surface area contributed by atoms with Crippen molar-refractivity contribution < 1.29 is 13.2 Å². The maximum absolute atomic E-state index is 12.8. The molecule has 5 nitrogen and oxygen atoms in total. The van der Waals surface area contributed by atoms with E-state index in [0.29, 0.717) is 11.4 Å². The molecule has 2 saturated heterocycles. The van der Waals surface area contributed by atoms with E-state index in [1.54, 1.807) is 6.07 Å². The van der Waals surface area contributed by atoms with Crippen molar-refractivity contribution in [1.29, 1.82) is 0 Å². The number of hydrogen-bond donors (Lipinski definition) is 1. The van der Waals surface area contributed by atoms with Crippen LogP contribution in [0.1, 0.15) is 24.6 Å². The number of likely N-dealkylation sites (tertiary alicyclic amines) is 1. The molecule has 0 atom stereocenters. The number of nitrogens with one attached hydrogen (secondary N) is 1. The lowest BCUT2D eigenvalue weighted by Crippen LogP contribution is -2.63. The van der Waals surface area contributed by atoms with E-state index < -0.39 is 12.6 Å². The number of hydrogen-bond acceptors (Lipinski definition) is 5. The second-order valence-electron chi connectivity index (χ2n) is 8.38. The Morgan fingerprint density at radius 3 is 2.63 bits per heavy atom. The number of halogens is 3. The monoisotopic (exact) mass is 455 g/mol. The molecule has 4 heterocycles. The summed E-state index contributed by atoms with van der Waals surface area (Å²) in [4.78, 5) is 13.9. The predicted octanol–water partition coefficient (Wildman–Crippen LogP) is 4.15. The molecule has 1 N–H and O–H groups in total. The van der Waals surface area contributed by atoms with Gasteiger partial charge in [0.1, 0.15) is 17.0 Å². The second kappa shape index (κ2) is 7.96. The van der Waals surface area contributed by atoms with Crippen molar-refractivity contribution in [1.82, 2.24) is 20.2 Å². The standard InChI is InChI=1S/C20H24F3N5S2/c1-13(2)9-24-18(29)28-10-19(11-28)3-5-27(6-4-19)16-15-7-14(8-20(21,22)23)30-17(15)26-12-25-16/h7,12H,1,3-6,8-11H2,2H3,(H,24,29). The summed E-state index contributed by atoms with van der Waals surface area (Å²) in [5.41, 5.74) is 1.30. The molecule has 0 amide bonds. The summed E-state index contributed by atoms with van der Waals surface area (Å²) in [5, 5.41) is 4.73. The van der Waals surface area contributed by atoms with Crippen molar-refractivity contribution in [2.45, 2.75) is 32.4 Å². The van der Waals surface area contributed by atoms with Crippen molar-refractivity contribution in [3.63, 3.8) is 0 Å². The molecule has 2 fully saturated rings. The van der Waals surface area contributed by atoms with Crippen LogP contribution in [0.3, 0.4) is 0 Å². The molecule has 1 spiro atoms. The molecule has 4 rings (SSSR count). The van der Waals surface area contributed by atoms with Gasteiger partial charge in [-0.15, -0.1) is 11.3 Å². The highest BCUT2D eigenvalue weighted by Gasteiger charge is 2.46. The van der Waals surface area contributed by atoms with Gasteiger partial charge in [-0.1, -0.05) is 12.2 Å². The van der Waals surface area contributed by atoms with Gasteiger partial charge in [0, 0.05) is 43.0 Å². The fraction of sp³-hybridized carbons (Fsp3) is 0.550. The normalized spacial score (nSPS) is 18.5. The number of aromatic nitrogens is 2. The summed E-state index contributed by atoms with van der Waals surface area (Å²) >= 11 is 6.55. The van der Waals surface area contributed by atoms with Gasteiger partial charge in [-0.05, 0) is 38.0 Å². The first-order chi connectivity index (χ1) is 14.1. The molecule has 0 aliphatic carbocycles. The number of alkyl halides is 3. The lowest BCUT2D eigenvalue weighted by molar-refractivity contribution is -0.126. The first-order valence-electron chi connectivity index (χ1n) is 9.86. The molecule has 162 valence electrons. The third-order valence-electron chi connectivity index (χ3n) is 5.74.